The summed E-state index contributed by atoms with van der Waals surface area (Å²) in [6.07, 6.45) is 6.18. The molecule has 1 amide bonds. The number of hydrogen-bond acceptors (Lipinski definition) is 6. The Balaban J connectivity index is 1.46. The van der Waals surface area contributed by atoms with Gasteiger partial charge >= 0.3 is 0 Å². The summed E-state index contributed by atoms with van der Waals surface area (Å²) in [5.74, 6) is 0.164. The number of aromatic nitrogens is 3. The average molecular weight is 497 g/mol. The van der Waals surface area contributed by atoms with Gasteiger partial charge in [-0.1, -0.05) is 38.1 Å². The van der Waals surface area contributed by atoms with Crippen molar-refractivity contribution in [3.05, 3.63) is 87.8 Å². The van der Waals surface area contributed by atoms with E-state index in [4.69, 9.17) is 5.73 Å². The molecule has 0 spiro atoms. The molecule has 3 N–H and O–H groups in total. The smallest absolute Gasteiger partial charge is 0.254 e. The topological polar surface area (TPSA) is 106 Å². The third-order valence-electron chi connectivity index (χ3n) is 7.31. The number of anilines is 2. The van der Waals surface area contributed by atoms with Gasteiger partial charge in [-0.3, -0.25) is 9.59 Å². The first-order valence-electron chi connectivity index (χ1n) is 12.9. The van der Waals surface area contributed by atoms with Crippen molar-refractivity contribution in [2.45, 2.75) is 39.0 Å². The summed E-state index contributed by atoms with van der Waals surface area (Å²) in [7, 11) is 0. The van der Waals surface area contributed by atoms with Gasteiger partial charge in [0.1, 0.15) is 5.56 Å². The van der Waals surface area contributed by atoms with Gasteiger partial charge in [0.2, 0.25) is 11.4 Å². The molecular formula is C29H32N6O2. The molecule has 37 heavy (non-hydrogen) atoms. The summed E-state index contributed by atoms with van der Waals surface area (Å²) in [6, 6.07) is 16.3. The van der Waals surface area contributed by atoms with E-state index in [9.17, 15) is 9.59 Å². The van der Waals surface area contributed by atoms with Gasteiger partial charge in [0.15, 0.2) is 5.65 Å². The van der Waals surface area contributed by atoms with Gasteiger partial charge in [-0.2, -0.15) is 4.98 Å². The lowest BCUT2D eigenvalue weighted by molar-refractivity contribution is 0.0999. The second-order valence-corrected chi connectivity index (χ2v) is 9.51. The Labute approximate surface area is 216 Å². The second-order valence-electron chi connectivity index (χ2n) is 9.51. The van der Waals surface area contributed by atoms with Crippen molar-refractivity contribution in [1.29, 1.82) is 0 Å². The molecule has 0 aliphatic carbocycles. The molecular weight excluding hydrogens is 464 g/mol. The summed E-state index contributed by atoms with van der Waals surface area (Å²) in [5, 5.41) is 3.49. The van der Waals surface area contributed by atoms with Crippen molar-refractivity contribution >= 4 is 28.6 Å². The molecule has 4 aromatic rings. The van der Waals surface area contributed by atoms with Crippen LogP contribution in [0, 0.1) is 0 Å². The molecule has 190 valence electrons. The van der Waals surface area contributed by atoms with Crippen LogP contribution in [0.25, 0.3) is 16.7 Å². The van der Waals surface area contributed by atoms with Crippen LogP contribution in [0.3, 0.4) is 0 Å². The van der Waals surface area contributed by atoms with E-state index in [0.29, 0.717) is 17.5 Å². The van der Waals surface area contributed by atoms with Gasteiger partial charge in [-0.15, -0.1) is 0 Å². The van der Waals surface area contributed by atoms with Crippen molar-refractivity contribution < 1.29 is 4.79 Å². The number of fused-ring (bicyclic) bond motifs is 1. The van der Waals surface area contributed by atoms with Crippen LogP contribution in [0.15, 0.2) is 65.7 Å². The standard InChI is InChI=1S/C29H32N6O2/c1-3-19-5-11-23(12-6-19)35-18-25(27(30)37)26(36)24-17-31-29(33-28(24)35)32-22-9-7-20(8-10-22)21-13-15-34(4-2)16-14-21/h5-12,17-18,21H,3-4,13-16H2,1-2H3,(H2,30,37)(H,31,32,33). The molecule has 2 aromatic carbocycles. The van der Waals surface area contributed by atoms with Crippen molar-refractivity contribution in [3.63, 3.8) is 0 Å². The van der Waals surface area contributed by atoms with E-state index < -0.39 is 11.3 Å². The molecule has 0 bridgehead atoms. The van der Waals surface area contributed by atoms with Crippen LogP contribution in [-0.2, 0) is 6.42 Å². The minimum Gasteiger partial charge on any atom is -0.365 e. The molecule has 1 fully saturated rings. The van der Waals surface area contributed by atoms with Crippen LogP contribution < -0.4 is 16.5 Å². The van der Waals surface area contributed by atoms with Crippen LogP contribution in [0.4, 0.5) is 11.6 Å². The minimum absolute atomic E-state index is 0.100. The zero-order valence-electron chi connectivity index (χ0n) is 21.3. The van der Waals surface area contributed by atoms with Crippen molar-refractivity contribution in [1.82, 2.24) is 19.4 Å². The average Bonchev–Trinajstić information content (AvgIpc) is 2.94. The highest BCUT2D eigenvalue weighted by atomic mass is 16.2. The van der Waals surface area contributed by atoms with Gasteiger partial charge in [0.25, 0.3) is 5.91 Å². The minimum atomic E-state index is -0.784. The van der Waals surface area contributed by atoms with E-state index >= 15 is 0 Å². The number of benzene rings is 2. The van der Waals surface area contributed by atoms with Crippen molar-refractivity contribution in [2.75, 3.05) is 25.0 Å². The number of carbonyl (C=O) groups excluding carboxylic acids is 1. The maximum Gasteiger partial charge on any atom is 0.254 e. The lowest BCUT2D eigenvalue weighted by Crippen LogP contribution is -2.32. The Hall–Kier alpha value is -4.04. The van der Waals surface area contributed by atoms with Gasteiger partial charge in [-0.25, -0.2) is 4.98 Å². The molecule has 0 saturated carbocycles. The molecule has 1 saturated heterocycles. The maximum absolute atomic E-state index is 12.9. The number of likely N-dealkylation sites (tertiary alicyclic amines) is 1. The SMILES string of the molecule is CCc1ccc(-n2cc(C(N)=O)c(=O)c3cnc(Nc4ccc(C5CCN(CC)CC5)cc4)nc32)cc1. The number of nitrogens with zero attached hydrogens (tertiary/aromatic N) is 4. The molecule has 0 atom stereocenters. The zero-order valence-corrected chi connectivity index (χ0v) is 21.3. The number of pyridine rings is 1. The van der Waals surface area contributed by atoms with Crippen molar-refractivity contribution in [2.24, 2.45) is 5.73 Å². The lowest BCUT2D eigenvalue weighted by Gasteiger charge is -2.31. The number of nitrogens with one attached hydrogen (secondary N) is 1. The highest BCUT2D eigenvalue weighted by molar-refractivity contribution is 5.96. The lowest BCUT2D eigenvalue weighted by atomic mass is 9.89. The Kier molecular flexibility index (Phi) is 7.01. The fourth-order valence-electron chi connectivity index (χ4n) is 4.99. The maximum atomic E-state index is 12.9. The number of carbonyl (C=O) groups is 1. The quantitative estimate of drug-likeness (QED) is 0.393. The summed E-state index contributed by atoms with van der Waals surface area (Å²) >= 11 is 0. The summed E-state index contributed by atoms with van der Waals surface area (Å²) in [4.78, 5) is 36.4. The third kappa shape index (κ3) is 5.11. The van der Waals surface area contributed by atoms with Crippen LogP contribution in [0.2, 0.25) is 0 Å². The van der Waals surface area contributed by atoms with E-state index in [2.05, 4.69) is 46.2 Å². The predicted molar refractivity (Wildman–Crippen MR) is 147 cm³/mol. The molecule has 1 aliphatic heterocycles. The Bertz CT molecular complexity index is 1470. The number of rotatable bonds is 7. The summed E-state index contributed by atoms with van der Waals surface area (Å²) in [5.41, 5.74) is 9.49. The first-order chi connectivity index (χ1) is 18.0. The Morgan fingerprint density at radius 3 is 2.38 bits per heavy atom. The number of hydrogen-bond donors (Lipinski definition) is 2. The molecule has 8 heteroatoms. The zero-order chi connectivity index (χ0) is 25.9. The second kappa shape index (κ2) is 10.5. The van der Waals surface area contributed by atoms with Gasteiger partial charge in [-0.05, 0) is 80.2 Å². The number of nitrogens with two attached hydrogens (primary N) is 1. The number of aryl methyl sites for hydroxylation is 1. The predicted octanol–water partition coefficient (Wildman–Crippen LogP) is 4.38. The molecule has 5 rings (SSSR count). The summed E-state index contributed by atoms with van der Waals surface area (Å²) < 4.78 is 1.72. The molecule has 0 radical (unpaired) electrons. The Morgan fingerprint density at radius 1 is 1.05 bits per heavy atom. The summed E-state index contributed by atoms with van der Waals surface area (Å²) in [6.45, 7) is 7.71. The van der Waals surface area contributed by atoms with Crippen LogP contribution >= 0.6 is 0 Å². The fourth-order valence-corrected chi connectivity index (χ4v) is 4.99. The number of amides is 1. The van der Waals surface area contributed by atoms with Crippen LogP contribution in [0.1, 0.15) is 54.1 Å². The first kappa shape index (κ1) is 24.6. The first-order valence-corrected chi connectivity index (χ1v) is 12.9. The van der Waals surface area contributed by atoms with Crippen molar-refractivity contribution in [3.8, 4) is 5.69 Å². The molecule has 0 unspecified atom stereocenters. The number of primary amides is 1. The molecule has 1 aliphatic rings. The van der Waals surface area contributed by atoms with E-state index in [1.165, 1.54) is 36.4 Å². The van der Waals surface area contributed by atoms with E-state index in [0.717, 1.165) is 37.4 Å². The largest absolute Gasteiger partial charge is 0.365 e. The van der Waals surface area contributed by atoms with Gasteiger partial charge < -0.3 is 20.5 Å². The van der Waals surface area contributed by atoms with Gasteiger partial charge in [0, 0.05) is 23.8 Å². The van der Waals surface area contributed by atoms with E-state index in [1.807, 2.05) is 36.4 Å². The van der Waals surface area contributed by atoms with E-state index in [1.54, 1.807) is 4.57 Å². The fraction of sp³-hybridized carbons (Fsp3) is 0.310. The van der Waals surface area contributed by atoms with Gasteiger partial charge in [0.05, 0.1) is 5.39 Å². The highest BCUT2D eigenvalue weighted by Crippen LogP contribution is 2.29. The number of piperidine rings is 1. The van der Waals surface area contributed by atoms with Crippen LogP contribution in [0.5, 0.6) is 0 Å². The third-order valence-corrected chi connectivity index (χ3v) is 7.31. The molecule has 8 nitrogen and oxygen atoms in total. The van der Waals surface area contributed by atoms with E-state index in [-0.39, 0.29) is 10.9 Å². The normalized spacial score (nSPS) is 14.6. The Morgan fingerprint density at radius 2 is 1.76 bits per heavy atom. The monoisotopic (exact) mass is 496 g/mol. The van der Waals surface area contributed by atoms with Crippen LogP contribution in [-0.4, -0.2) is 45.0 Å². The highest BCUT2D eigenvalue weighted by Gasteiger charge is 2.20. The molecule has 3 heterocycles. The molecule has 2 aromatic heterocycles.